The molecule has 0 radical (unpaired) electrons. The van der Waals surface area contributed by atoms with Crippen molar-refractivity contribution < 1.29 is 14.3 Å². The Kier molecular flexibility index (Phi) is 4.57. The summed E-state index contributed by atoms with van der Waals surface area (Å²) in [5.74, 6) is -0.394. The van der Waals surface area contributed by atoms with Crippen LogP contribution >= 0.6 is 0 Å². The zero-order chi connectivity index (χ0) is 11.1. The molecule has 3 heteroatoms. The molecule has 0 aromatic heterocycles. The van der Waals surface area contributed by atoms with E-state index in [0.29, 0.717) is 6.10 Å². The quantitative estimate of drug-likeness (QED) is 0.422. The van der Waals surface area contributed by atoms with Crippen LogP contribution in [0.25, 0.3) is 0 Å². The number of carbonyl (C=O) groups excluding carboxylic acids is 1. The van der Waals surface area contributed by atoms with Gasteiger partial charge in [-0.15, -0.1) is 0 Å². The van der Waals surface area contributed by atoms with Crippen molar-refractivity contribution in [1.29, 1.82) is 0 Å². The molecule has 1 fully saturated rings. The molecule has 15 heavy (non-hydrogen) atoms. The molecule has 1 saturated heterocycles. The van der Waals surface area contributed by atoms with Crippen LogP contribution in [0.5, 0.6) is 0 Å². The lowest BCUT2D eigenvalue weighted by molar-refractivity contribution is -0.134. The molecule has 1 heterocycles. The zero-order valence-electron chi connectivity index (χ0n) is 8.68. The van der Waals surface area contributed by atoms with Gasteiger partial charge in [0, 0.05) is 6.08 Å². The van der Waals surface area contributed by atoms with Crippen molar-refractivity contribution in [3.63, 3.8) is 0 Å². The number of epoxide rings is 1. The topological polar surface area (TPSA) is 38.8 Å². The number of methoxy groups -OCH3 is 1. The lowest BCUT2D eigenvalue weighted by Gasteiger charge is -1.89. The molecular weight excluding hydrogens is 192 g/mol. The molecule has 1 aliphatic rings. The van der Waals surface area contributed by atoms with Gasteiger partial charge >= 0.3 is 5.97 Å². The second-order valence-corrected chi connectivity index (χ2v) is 2.96. The third kappa shape index (κ3) is 4.42. The summed E-state index contributed by atoms with van der Waals surface area (Å²) in [7, 11) is 1.31. The van der Waals surface area contributed by atoms with Gasteiger partial charge in [-0.3, -0.25) is 0 Å². The van der Waals surface area contributed by atoms with Crippen LogP contribution in [-0.2, 0) is 14.3 Å². The molecule has 0 amide bonds. The fraction of sp³-hybridized carbons (Fsp3) is 0.250. The van der Waals surface area contributed by atoms with E-state index >= 15 is 0 Å². The summed E-state index contributed by atoms with van der Waals surface area (Å²) in [5, 5.41) is 0. The monoisotopic (exact) mass is 206 g/mol. The summed E-state index contributed by atoms with van der Waals surface area (Å²) >= 11 is 0. The SMILES string of the molecule is C=CC(=O)OC.c1ccc(C2CO2)cc1. The number of hydrogen-bond acceptors (Lipinski definition) is 3. The Labute approximate surface area is 89.3 Å². The third-order valence-corrected chi connectivity index (χ3v) is 1.87. The van der Waals surface area contributed by atoms with E-state index in [1.54, 1.807) is 0 Å². The maximum atomic E-state index is 9.84. The molecule has 0 N–H and O–H groups in total. The number of benzene rings is 1. The molecular formula is C12H14O3. The van der Waals surface area contributed by atoms with Gasteiger partial charge in [0.15, 0.2) is 0 Å². The third-order valence-electron chi connectivity index (χ3n) is 1.87. The lowest BCUT2D eigenvalue weighted by Crippen LogP contribution is -1.91. The van der Waals surface area contributed by atoms with Crippen LogP contribution in [0.2, 0.25) is 0 Å². The smallest absolute Gasteiger partial charge is 0.329 e. The van der Waals surface area contributed by atoms with Crippen LogP contribution in [0, 0.1) is 0 Å². The van der Waals surface area contributed by atoms with Crippen molar-refractivity contribution in [3.05, 3.63) is 48.6 Å². The lowest BCUT2D eigenvalue weighted by atomic mass is 10.2. The molecule has 80 valence electrons. The average Bonchev–Trinajstić information content (AvgIpc) is 3.14. The molecule has 0 aliphatic carbocycles. The van der Waals surface area contributed by atoms with Crippen molar-refractivity contribution in [2.45, 2.75) is 6.10 Å². The Morgan fingerprint density at radius 1 is 1.53 bits per heavy atom. The molecule has 2 rings (SSSR count). The standard InChI is InChI=1S/C8H8O.C4H6O2/c1-2-4-7(5-3-1)8-6-9-8;1-3-4(5)6-2/h1-5,8H,6H2;3H,1H2,2H3. The Morgan fingerprint density at radius 3 is 2.47 bits per heavy atom. The molecule has 3 nitrogen and oxygen atoms in total. The van der Waals surface area contributed by atoms with Crippen molar-refractivity contribution in [1.82, 2.24) is 0 Å². The van der Waals surface area contributed by atoms with Gasteiger partial charge in [0.2, 0.25) is 0 Å². The van der Waals surface area contributed by atoms with E-state index in [9.17, 15) is 4.79 Å². The number of hydrogen-bond donors (Lipinski definition) is 0. The molecule has 0 saturated carbocycles. The second-order valence-electron chi connectivity index (χ2n) is 2.96. The van der Waals surface area contributed by atoms with Crippen LogP contribution in [0.1, 0.15) is 11.7 Å². The largest absolute Gasteiger partial charge is 0.466 e. The Bertz CT molecular complexity index is 315. The first-order chi connectivity index (χ1) is 7.27. The van der Waals surface area contributed by atoms with E-state index in [2.05, 4.69) is 23.4 Å². The maximum absolute atomic E-state index is 9.84. The first-order valence-corrected chi connectivity index (χ1v) is 4.65. The number of esters is 1. The Morgan fingerprint density at radius 2 is 2.13 bits per heavy atom. The summed E-state index contributed by atoms with van der Waals surface area (Å²) in [4.78, 5) is 9.84. The van der Waals surface area contributed by atoms with Crippen molar-refractivity contribution in [2.24, 2.45) is 0 Å². The van der Waals surface area contributed by atoms with Gasteiger partial charge in [-0.1, -0.05) is 36.9 Å². The first-order valence-electron chi connectivity index (χ1n) is 4.65. The summed E-state index contributed by atoms with van der Waals surface area (Å²) < 4.78 is 9.24. The highest BCUT2D eigenvalue weighted by molar-refractivity contribution is 5.80. The van der Waals surface area contributed by atoms with Crippen LogP contribution in [0.3, 0.4) is 0 Å². The number of carbonyl (C=O) groups is 1. The van der Waals surface area contributed by atoms with E-state index in [0.717, 1.165) is 12.7 Å². The first kappa shape index (κ1) is 11.5. The zero-order valence-corrected chi connectivity index (χ0v) is 8.68. The fourth-order valence-corrected chi connectivity index (χ4v) is 0.992. The number of rotatable bonds is 2. The van der Waals surface area contributed by atoms with Crippen LogP contribution < -0.4 is 0 Å². The highest BCUT2D eigenvalue weighted by Crippen LogP contribution is 2.28. The highest BCUT2D eigenvalue weighted by Gasteiger charge is 2.23. The average molecular weight is 206 g/mol. The minimum absolute atomic E-state index is 0.394. The van der Waals surface area contributed by atoms with Gasteiger partial charge in [-0.05, 0) is 5.56 Å². The molecule has 0 spiro atoms. The molecule has 1 aromatic carbocycles. The predicted octanol–water partition coefficient (Wildman–Crippen LogP) is 2.10. The van der Waals surface area contributed by atoms with Gasteiger partial charge in [0.25, 0.3) is 0 Å². The molecule has 1 unspecified atom stereocenters. The highest BCUT2D eigenvalue weighted by atomic mass is 16.6. The Hall–Kier alpha value is -1.61. The normalized spacial score (nSPS) is 17.0. The number of ether oxygens (including phenoxy) is 2. The summed E-state index contributed by atoms with van der Waals surface area (Å²) in [6.07, 6.45) is 1.52. The molecule has 1 atom stereocenters. The summed E-state index contributed by atoms with van der Waals surface area (Å²) in [5.41, 5.74) is 1.30. The fourth-order valence-electron chi connectivity index (χ4n) is 0.992. The second kappa shape index (κ2) is 5.98. The molecule has 0 bridgehead atoms. The van der Waals surface area contributed by atoms with Crippen LogP contribution in [0.15, 0.2) is 43.0 Å². The molecule has 1 aliphatic heterocycles. The van der Waals surface area contributed by atoms with E-state index in [-0.39, 0.29) is 0 Å². The van der Waals surface area contributed by atoms with Crippen molar-refractivity contribution >= 4 is 5.97 Å². The van der Waals surface area contributed by atoms with Gasteiger partial charge < -0.3 is 9.47 Å². The van der Waals surface area contributed by atoms with E-state index < -0.39 is 5.97 Å². The van der Waals surface area contributed by atoms with E-state index in [1.165, 1.54) is 12.7 Å². The Balaban J connectivity index is 0.000000167. The minimum Gasteiger partial charge on any atom is -0.466 e. The maximum Gasteiger partial charge on any atom is 0.329 e. The molecule has 1 aromatic rings. The van der Waals surface area contributed by atoms with Crippen molar-refractivity contribution in [2.75, 3.05) is 13.7 Å². The van der Waals surface area contributed by atoms with E-state index in [1.807, 2.05) is 18.2 Å². The minimum atomic E-state index is -0.394. The summed E-state index contributed by atoms with van der Waals surface area (Å²) in [6.45, 7) is 4.06. The summed E-state index contributed by atoms with van der Waals surface area (Å²) in [6, 6.07) is 10.3. The van der Waals surface area contributed by atoms with Crippen molar-refractivity contribution in [3.8, 4) is 0 Å². The van der Waals surface area contributed by atoms with Gasteiger partial charge in [0.1, 0.15) is 6.10 Å². The van der Waals surface area contributed by atoms with Crippen LogP contribution in [-0.4, -0.2) is 19.7 Å². The van der Waals surface area contributed by atoms with Gasteiger partial charge in [0.05, 0.1) is 13.7 Å². The van der Waals surface area contributed by atoms with Gasteiger partial charge in [-0.2, -0.15) is 0 Å². The van der Waals surface area contributed by atoms with Crippen LogP contribution in [0.4, 0.5) is 0 Å². The van der Waals surface area contributed by atoms with E-state index in [4.69, 9.17) is 4.74 Å². The predicted molar refractivity (Wildman–Crippen MR) is 57.3 cm³/mol. The van der Waals surface area contributed by atoms with Gasteiger partial charge in [-0.25, -0.2) is 4.79 Å².